The fourth-order valence-electron chi connectivity index (χ4n) is 7.41. The maximum atomic E-state index is 12.6. The molecule has 0 aromatic heterocycles. The summed E-state index contributed by atoms with van der Waals surface area (Å²) in [6.07, 6.45) is 8.15. The molecule has 0 atom stereocenters. The number of hydrogen-bond donors (Lipinski definition) is 0. The van der Waals surface area contributed by atoms with E-state index >= 15 is 0 Å². The number of esters is 6. The van der Waals surface area contributed by atoms with E-state index in [-0.39, 0.29) is 67.4 Å². The van der Waals surface area contributed by atoms with Crippen molar-refractivity contribution < 1.29 is 57.2 Å². The lowest BCUT2D eigenvalue weighted by atomic mass is 9.82. The standard InChI is InChI=1S/C27H30O6.C25H26O6/c1-2-25(28)31-18-6-7-19-32-26(29)22-10-12-23(13-11-22)27(30)33-24-16-14-21(15-17-24)20-8-4-3-5-9-20;1-2-23(26)29-16-17-30-24(27)20-8-10-21(11-9-20)25(28)31-22-14-12-19(13-15-22)18-6-4-3-5-7-18/h2-5,8-9,14-17,22-23H,1,6-7,10-13,18-19H2;2-7,12-15,20-21H,1,8-11,16-17H2. The van der Waals surface area contributed by atoms with Crippen LogP contribution in [0.5, 0.6) is 11.5 Å². The number of rotatable bonds is 18. The molecule has 12 heteroatoms. The second-order valence-corrected chi connectivity index (χ2v) is 15.5. The maximum absolute atomic E-state index is 12.6. The number of ether oxygens (including phenoxy) is 6. The van der Waals surface area contributed by atoms with Crippen molar-refractivity contribution in [1.29, 1.82) is 0 Å². The average Bonchev–Trinajstić information content (AvgIpc) is 3.34. The lowest BCUT2D eigenvalue weighted by molar-refractivity contribution is -0.155. The van der Waals surface area contributed by atoms with E-state index in [0.717, 1.165) is 34.4 Å². The third kappa shape index (κ3) is 15.8. The zero-order chi connectivity index (χ0) is 45.5. The van der Waals surface area contributed by atoms with Gasteiger partial charge in [-0.25, -0.2) is 9.59 Å². The van der Waals surface area contributed by atoms with E-state index in [1.54, 1.807) is 12.1 Å². The van der Waals surface area contributed by atoms with Gasteiger partial charge in [0.05, 0.1) is 36.9 Å². The van der Waals surface area contributed by atoms with Crippen molar-refractivity contribution in [1.82, 2.24) is 0 Å². The highest BCUT2D eigenvalue weighted by molar-refractivity contribution is 5.82. The van der Waals surface area contributed by atoms with Gasteiger partial charge in [0, 0.05) is 12.2 Å². The Balaban J connectivity index is 0.000000241. The molecule has 336 valence electrons. The van der Waals surface area contributed by atoms with Gasteiger partial charge in [0.1, 0.15) is 24.7 Å². The van der Waals surface area contributed by atoms with E-state index < -0.39 is 11.9 Å². The number of hydrogen-bond acceptors (Lipinski definition) is 12. The zero-order valence-corrected chi connectivity index (χ0v) is 36.1. The Bertz CT molecular complexity index is 2130. The van der Waals surface area contributed by atoms with Crippen LogP contribution in [0.2, 0.25) is 0 Å². The maximum Gasteiger partial charge on any atom is 0.330 e. The normalized spacial score (nSPS) is 17.8. The molecule has 2 fully saturated rings. The molecule has 0 radical (unpaired) electrons. The Morgan fingerprint density at radius 2 is 0.688 bits per heavy atom. The van der Waals surface area contributed by atoms with Gasteiger partial charge in [0.25, 0.3) is 0 Å². The summed E-state index contributed by atoms with van der Waals surface area (Å²) in [5.74, 6) is -1.88. The molecule has 0 heterocycles. The largest absolute Gasteiger partial charge is 0.465 e. The number of carbonyl (C=O) groups is 6. The highest BCUT2D eigenvalue weighted by Gasteiger charge is 2.33. The molecule has 0 N–H and O–H groups in total. The number of carbonyl (C=O) groups excluding carboxylic acids is 6. The zero-order valence-electron chi connectivity index (χ0n) is 36.1. The van der Waals surface area contributed by atoms with Gasteiger partial charge in [0.2, 0.25) is 0 Å². The first kappa shape index (κ1) is 48.2. The highest BCUT2D eigenvalue weighted by Crippen LogP contribution is 2.33. The van der Waals surface area contributed by atoms with Crippen LogP contribution in [0.3, 0.4) is 0 Å². The second kappa shape index (κ2) is 26.0. The van der Waals surface area contributed by atoms with Crippen LogP contribution in [0.1, 0.15) is 64.2 Å². The quantitative estimate of drug-likeness (QED) is 0.0307. The predicted octanol–water partition coefficient (Wildman–Crippen LogP) is 9.46. The minimum absolute atomic E-state index is 0.00132. The molecule has 6 rings (SSSR count). The summed E-state index contributed by atoms with van der Waals surface area (Å²) in [4.78, 5) is 71.4. The van der Waals surface area contributed by atoms with E-state index in [1.807, 2.05) is 97.1 Å². The van der Waals surface area contributed by atoms with Gasteiger partial charge in [-0.3, -0.25) is 19.2 Å². The van der Waals surface area contributed by atoms with Crippen LogP contribution >= 0.6 is 0 Å². The molecule has 12 nitrogen and oxygen atoms in total. The summed E-state index contributed by atoms with van der Waals surface area (Å²) in [5.41, 5.74) is 4.33. The van der Waals surface area contributed by atoms with E-state index in [4.69, 9.17) is 28.4 Å². The fourth-order valence-corrected chi connectivity index (χ4v) is 7.41. The topological polar surface area (TPSA) is 158 Å². The van der Waals surface area contributed by atoms with Crippen LogP contribution in [-0.4, -0.2) is 62.2 Å². The summed E-state index contributed by atoms with van der Waals surface area (Å²) in [7, 11) is 0. The first-order valence-corrected chi connectivity index (χ1v) is 21.8. The molecule has 4 aromatic carbocycles. The van der Waals surface area contributed by atoms with Crippen molar-refractivity contribution in [2.24, 2.45) is 23.7 Å². The number of benzene rings is 4. The Morgan fingerprint density at radius 1 is 0.391 bits per heavy atom. The lowest BCUT2D eigenvalue weighted by Gasteiger charge is -2.25. The third-order valence-corrected chi connectivity index (χ3v) is 11.1. The van der Waals surface area contributed by atoms with Gasteiger partial charge in [-0.2, -0.15) is 0 Å². The Hall–Kier alpha value is -6.82. The molecule has 2 aliphatic carbocycles. The molecule has 0 spiro atoms. The summed E-state index contributed by atoms with van der Waals surface area (Å²) >= 11 is 0. The molecule has 0 saturated heterocycles. The highest BCUT2D eigenvalue weighted by atomic mass is 16.6. The first-order chi connectivity index (χ1) is 31.1. The summed E-state index contributed by atoms with van der Waals surface area (Å²) in [6.45, 7) is 7.21. The van der Waals surface area contributed by atoms with Gasteiger partial charge in [-0.05, 0) is 111 Å². The molecule has 0 bridgehead atoms. The third-order valence-electron chi connectivity index (χ3n) is 11.1. The first-order valence-electron chi connectivity index (χ1n) is 21.8. The molecule has 0 unspecified atom stereocenters. The predicted molar refractivity (Wildman–Crippen MR) is 239 cm³/mol. The van der Waals surface area contributed by atoms with Crippen molar-refractivity contribution >= 4 is 35.8 Å². The molecule has 2 aliphatic rings. The molecular formula is C52H56O12. The SMILES string of the molecule is C=CC(=O)OCCCCOC(=O)C1CCC(C(=O)Oc2ccc(-c3ccccc3)cc2)CC1.C=CC(=O)OCCOC(=O)C1CCC(C(=O)Oc2ccc(-c3ccccc3)cc2)CC1. The molecule has 0 aliphatic heterocycles. The van der Waals surface area contributed by atoms with Crippen LogP contribution in [-0.2, 0) is 47.7 Å². The Labute approximate surface area is 374 Å². The van der Waals surface area contributed by atoms with Crippen molar-refractivity contribution in [3.05, 3.63) is 135 Å². The van der Waals surface area contributed by atoms with Crippen LogP contribution in [0.4, 0.5) is 0 Å². The van der Waals surface area contributed by atoms with Gasteiger partial charge in [0.15, 0.2) is 0 Å². The molecular weight excluding hydrogens is 817 g/mol. The van der Waals surface area contributed by atoms with Crippen molar-refractivity contribution in [2.45, 2.75) is 64.2 Å². The smallest absolute Gasteiger partial charge is 0.330 e. The van der Waals surface area contributed by atoms with Crippen LogP contribution in [0.15, 0.2) is 135 Å². The molecule has 4 aromatic rings. The van der Waals surface area contributed by atoms with Crippen LogP contribution < -0.4 is 9.47 Å². The van der Waals surface area contributed by atoms with Gasteiger partial charge < -0.3 is 28.4 Å². The average molecular weight is 873 g/mol. The van der Waals surface area contributed by atoms with Crippen molar-refractivity contribution in [3.8, 4) is 33.8 Å². The van der Waals surface area contributed by atoms with Crippen LogP contribution in [0, 0.1) is 23.7 Å². The minimum Gasteiger partial charge on any atom is -0.465 e. The fraction of sp³-hybridized carbons (Fsp3) is 0.346. The molecule has 0 amide bonds. The van der Waals surface area contributed by atoms with E-state index in [9.17, 15) is 28.8 Å². The van der Waals surface area contributed by atoms with Crippen molar-refractivity contribution in [3.63, 3.8) is 0 Å². The Kier molecular flexibility index (Phi) is 19.6. The van der Waals surface area contributed by atoms with E-state index in [0.29, 0.717) is 82.3 Å². The monoisotopic (exact) mass is 872 g/mol. The lowest BCUT2D eigenvalue weighted by Crippen LogP contribution is -2.30. The van der Waals surface area contributed by atoms with Crippen LogP contribution in [0.25, 0.3) is 22.3 Å². The van der Waals surface area contributed by atoms with Gasteiger partial charge >= 0.3 is 35.8 Å². The minimum atomic E-state index is -0.551. The van der Waals surface area contributed by atoms with Gasteiger partial charge in [-0.1, -0.05) is 98.1 Å². The number of unbranched alkanes of at least 4 members (excludes halogenated alkanes) is 1. The second-order valence-electron chi connectivity index (χ2n) is 15.5. The molecule has 64 heavy (non-hydrogen) atoms. The van der Waals surface area contributed by atoms with E-state index in [2.05, 4.69) is 13.2 Å². The summed E-state index contributed by atoms with van der Waals surface area (Å²) in [6, 6.07) is 34.9. The molecule has 2 saturated carbocycles. The van der Waals surface area contributed by atoms with E-state index in [1.165, 1.54) is 0 Å². The summed E-state index contributed by atoms with van der Waals surface area (Å²) < 4.78 is 31.2. The van der Waals surface area contributed by atoms with Crippen molar-refractivity contribution in [2.75, 3.05) is 26.4 Å². The Morgan fingerprint density at radius 3 is 1.06 bits per heavy atom. The summed E-state index contributed by atoms with van der Waals surface area (Å²) in [5, 5.41) is 0. The van der Waals surface area contributed by atoms with Gasteiger partial charge in [-0.15, -0.1) is 0 Å².